The van der Waals surface area contributed by atoms with Crippen LogP contribution in [0.5, 0.6) is 0 Å². The monoisotopic (exact) mass is 294 g/mol. The standard InChI is InChI=1S/C9H9BrF2N2O2/c10-3-4-1-5(8(11)12)6(2-7(15)16)14-9(4)13/h1,8H,2-3H2,(H2,13,14)(H,15,16). The van der Waals surface area contributed by atoms with E-state index in [1.54, 1.807) is 0 Å². The maximum atomic E-state index is 12.6. The molecule has 4 nitrogen and oxygen atoms in total. The van der Waals surface area contributed by atoms with E-state index in [0.29, 0.717) is 10.9 Å². The molecule has 0 saturated heterocycles. The second kappa shape index (κ2) is 5.20. The Morgan fingerprint density at radius 3 is 2.69 bits per heavy atom. The first kappa shape index (κ1) is 12.8. The summed E-state index contributed by atoms with van der Waals surface area (Å²) in [7, 11) is 0. The number of anilines is 1. The van der Waals surface area contributed by atoms with Gasteiger partial charge in [-0.1, -0.05) is 15.9 Å². The van der Waals surface area contributed by atoms with E-state index in [0.717, 1.165) is 0 Å². The van der Waals surface area contributed by atoms with Crippen LogP contribution in [0, 0.1) is 0 Å². The molecule has 0 radical (unpaired) electrons. The van der Waals surface area contributed by atoms with Gasteiger partial charge < -0.3 is 10.8 Å². The zero-order chi connectivity index (χ0) is 12.3. The van der Waals surface area contributed by atoms with Crippen molar-refractivity contribution in [1.82, 2.24) is 4.98 Å². The fourth-order valence-corrected chi connectivity index (χ4v) is 1.66. The van der Waals surface area contributed by atoms with Crippen LogP contribution in [0.4, 0.5) is 14.6 Å². The van der Waals surface area contributed by atoms with Gasteiger partial charge >= 0.3 is 5.97 Å². The molecule has 0 fully saturated rings. The highest BCUT2D eigenvalue weighted by Gasteiger charge is 2.18. The molecule has 16 heavy (non-hydrogen) atoms. The number of alkyl halides is 3. The van der Waals surface area contributed by atoms with Crippen molar-refractivity contribution in [1.29, 1.82) is 0 Å². The maximum absolute atomic E-state index is 12.6. The van der Waals surface area contributed by atoms with E-state index in [9.17, 15) is 13.6 Å². The van der Waals surface area contributed by atoms with Crippen LogP contribution in [0.15, 0.2) is 6.07 Å². The molecule has 0 bridgehead atoms. The summed E-state index contributed by atoms with van der Waals surface area (Å²) < 4.78 is 25.3. The molecule has 1 heterocycles. The summed E-state index contributed by atoms with van der Waals surface area (Å²) >= 11 is 3.09. The molecule has 0 aliphatic carbocycles. The number of hydrogen-bond donors (Lipinski definition) is 2. The van der Waals surface area contributed by atoms with E-state index in [-0.39, 0.29) is 17.1 Å². The van der Waals surface area contributed by atoms with Crippen LogP contribution in [0.3, 0.4) is 0 Å². The van der Waals surface area contributed by atoms with Gasteiger partial charge in [0, 0.05) is 16.5 Å². The van der Waals surface area contributed by atoms with Crippen molar-refractivity contribution < 1.29 is 18.7 Å². The van der Waals surface area contributed by atoms with Gasteiger partial charge in [0.15, 0.2) is 0 Å². The van der Waals surface area contributed by atoms with Crippen molar-refractivity contribution in [2.45, 2.75) is 18.2 Å². The second-order valence-electron chi connectivity index (χ2n) is 3.07. The third-order valence-electron chi connectivity index (χ3n) is 1.95. The fourth-order valence-electron chi connectivity index (χ4n) is 1.21. The van der Waals surface area contributed by atoms with Crippen molar-refractivity contribution >= 4 is 27.7 Å². The Bertz CT molecular complexity index is 413. The topological polar surface area (TPSA) is 76.2 Å². The van der Waals surface area contributed by atoms with Gasteiger partial charge in [0.2, 0.25) is 0 Å². The molecular weight excluding hydrogens is 286 g/mol. The maximum Gasteiger partial charge on any atom is 0.309 e. The SMILES string of the molecule is Nc1nc(CC(=O)O)c(C(F)F)cc1CBr. The Balaban J connectivity index is 3.24. The number of nitrogen functional groups attached to an aromatic ring is 1. The van der Waals surface area contributed by atoms with Crippen molar-refractivity contribution in [3.63, 3.8) is 0 Å². The number of carbonyl (C=O) groups is 1. The first-order valence-electron chi connectivity index (χ1n) is 4.29. The molecule has 0 saturated carbocycles. The molecule has 0 spiro atoms. The summed E-state index contributed by atoms with van der Waals surface area (Å²) in [6.07, 6.45) is -3.33. The zero-order valence-electron chi connectivity index (χ0n) is 8.08. The molecule has 0 aromatic carbocycles. The first-order chi connectivity index (χ1) is 7.45. The molecule has 0 aliphatic rings. The average molecular weight is 295 g/mol. The van der Waals surface area contributed by atoms with E-state index in [1.165, 1.54) is 6.07 Å². The van der Waals surface area contributed by atoms with Gasteiger partial charge in [-0.3, -0.25) is 4.79 Å². The predicted molar refractivity (Wildman–Crippen MR) is 57.6 cm³/mol. The summed E-state index contributed by atoms with van der Waals surface area (Å²) in [6.45, 7) is 0. The van der Waals surface area contributed by atoms with Crippen LogP contribution in [0.1, 0.15) is 23.2 Å². The molecule has 3 N–H and O–H groups in total. The highest BCUT2D eigenvalue weighted by molar-refractivity contribution is 9.08. The highest BCUT2D eigenvalue weighted by Crippen LogP contribution is 2.26. The summed E-state index contributed by atoms with van der Waals surface area (Å²) in [4.78, 5) is 14.2. The van der Waals surface area contributed by atoms with Crippen molar-refractivity contribution in [2.24, 2.45) is 0 Å². The smallest absolute Gasteiger partial charge is 0.309 e. The minimum atomic E-state index is -2.76. The van der Waals surface area contributed by atoms with Crippen LogP contribution < -0.4 is 5.73 Å². The molecule has 0 atom stereocenters. The van der Waals surface area contributed by atoms with E-state index >= 15 is 0 Å². The van der Waals surface area contributed by atoms with Gasteiger partial charge in [-0.15, -0.1) is 0 Å². The zero-order valence-corrected chi connectivity index (χ0v) is 9.67. The lowest BCUT2D eigenvalue weighted by Crippen LogP contribution is -2.10. The lowest BCUT2D eigenvalue weighted by Gasteiger charge is -2.10. The van der Waals surface area contributed by atoms with Crippen molar-refractivity contribution in [2.75, 3.05) is 5.73 Å². The molecule has 1 rings (SSSR count). The number of aromatic nitrogens is 1. The van der Waals surface area contributed by atoms with E-state index in [4.69, 9.17) is 10.8 Å². The minimum Gasteiger partial charge on any atom is -0.481 e. The van der Waals surface area contributed by atoms with Gasteiger partial charge in [0.05, 0.1) is 12.1 Å². The Morgan fingerprint density at radius 2 is 2.25 bits per heavy atom. The number of nitrogens with two attached hydrogens (primary N) is 1. The summed E-state index contributed by atoms with van der Waals surface area (Å²) in [5.74, 6) is -1.15. The molecule has 88 valence electrons. The lowest BCUT2D eigenvalue weighted by atomic mass is 10.1. The summed E-state index contributed by atoms with van der Waals surface area (Å²) in [5, 5.41) is 8.85. The van der Waals surface area contributed by atoms with Crippen LogP contribution >= 0.6 is 15.9 Å². The number of hydrogen-bond acceptors (Lipinski definition) is 3. The fraction of sp³-hybridized carbons (Fsp3) is 0.333. The minimum absolute atomic E-state index is 0.0672. The number of nitrogens with zero attached hydrogens (tertiary/aromatic N) is 1. The van der Waals surface area contributed by atoms with Crippen molar-refractivity contribution in [3.8, 4) is 0 Å². The largest absolute Gasteiger partial charge is 0.481 e. The number of carboxylic acids is 1. The molecule has 7 heteroatoms. The molecule has 1 aromatic rings. The number of rotatable bonds is 4. The van der Waals surface area contributed by atoms with Crippen LogP contribution in [0.25, 0.3) is 0 Å². The number of aliphatic carboxylic acids is 1. The third kappa shape index (κ3) is 2.88. The number of carboxylic acid groups (broad SMARTS) is 1. The summed E-state index contributed by atoms with van der Waals surface area (Å²) in [5.41, 5.74) is 5.35. The average Bonchev–Trinajstić information content (AvgIpc) is 2.16. The quantitative estimate of drug-likeness (QED) is 0.834. The van der Waals surface area contributed by atoms with Crippen LogP contribution in [-0.2, 0) is 16.5 Å². The summed E-state index contributed by atoms with van der Waals surface area (Å²) in [6, 6.07) is 1.18. The Morgan fingerprint density at radius 1 is 1.62 bits per heavy atom. The lowest BCUT2D eigenvalue weighted by molar-refractivity contribution is -0.136. The number of halogens is 3. The molecular formula is C9H9BrF2N2O2. The highest BCUT2D eigenvalue weighted by atomic mass is 79.9. The molecule has 1 aromatic heterocycles. The molecule has 0 aliphatic heterocycles. The first-order valence-corrected chi connectivity index (χ1v) is 5.42. The Kier molecular flexibility index (Phi) is 4.17. The Labute approximate surface area is 98.6 Å². The number of pyridine rings is 1. The van der Waals surface area contributed by atoms with Gasteiger partial charge in [-0.05, 0) is 6.07 Å². The van der Waals surface area contributed by atoms with Gasteiger partial charge in [-0.25, -0.2) is 13.8 Å². The predicted octanol–water partition coefficient (Wildman–Crippen LogP) is 2.12. The Hall–Kier alpha value is -1.24. The van der Waals surface area contributed by atoms with Gasteiger partial charge in [0.25, 0.3) is 6.43 Å². The van der Waals surface area contributed by atoms with E-state index in [2.05, 4.69) is 20.9 Å². The van der Waals surface area contributed by atoms with Crippen LogP contribution in [-0.4, -0.2) is 16.1 Å². The third-order valence-corrected chi connectivity index (χ3v) is 2.55. The van der Waals surface area contributed by atoms with Crippen molar-refractivity contribution in [3.05, 3.63) is 22.9 Å². The van der Waals surface area contributed by atoms with Gasteiger partial charge in [-0.2, -0.15) is 0 Å². The van der Waals surface area contributed by atoms with E-state index in [1.807, 2.05) is 0 Å². The van der Waals surface area contributed by atoms with E-state index < -0.39 is 18.8 Å². The molecule has 0 unspecified atom stereocenters. The second-order valence-corrected chi connectivity index (χ2v) is 3.63. The molecule has 0 amide bonds. The van der Waals surface area contributed by atoms with Crippen LogP contribution in [0.2, 0.25) is 0 Å². The normalized spacial score (nSPS) is 10.8. The van der Waals surface area contributed by atoms with Gasteiger partial charge in [0.1, 0.15) is 5.82 Å².